The highest BCUT2D eigenvalue weighted by atomic mass is 79.9. The third-order valence-electron chi connectivity index (χ3n) is 2.91. The van der Waals surface area contributed by atoms with E-state index in [-0.39, 0.29) is 17.2 Å². The van der Waals surface area contributed by atoms with Crippen molar-refractivity contribution in [2.45, 2.75) is 0 Å². The summed E-state index contributed by atoms with van der Waals surface area (Å²) in [5.74, 6) is -1.88. The summed E-state index contributed by atoms with van der Waals surface area (Å²) in [6.07, 6.45) is 0. The van der Waals surface area contributed by atoms with E-state index >= 15 is 0 Å². The van der Waals surface area contributed by atoms with Gasteiger partial charge in [-0.15, -0.1) is 0 Å². The van der Waals surface area contributed by atoms with Crippen LogP contribution in [0.25, 0.3) is 11.3 Å². The average Bonchev–Trinajstić information content (AvgIpc) is 2.81. The number of aryl methyl sites for hydroxylation is 1. The van der Waals surface area contributed by atoms with Gasteiger partial charge in [0.15, 0.2) is 17.2 Å². The molecule has 0 radical (unpaired) electrons. The Labute approximate surface area is 128 Å². The van der Waals surface area contributed by atoms with Crippen LogP contribution in [0.15, 0.2) is 16.6 Å². The molecule has 112 valence electrons. The molecule has 0 bridgehead atoms. The van der Waals surface area contributed by atoms with Crippen LogP contribution in [0.3, 0.4) is 0 Å². The SMILES string of the molecule is COc1c(Br)cc(-c2cc(C(=O)O)nn2C)c(OC)c1F. The first kappa shape index (κ1) is 15.3. The molecule has 8 heteroatoms. The predicted octanol–water partition coefficient (Wildman–Crippen LogP) is 2.70. The Kier molecular flexibility index (Phi) is 4.17. The van der Waals surface area contributed by atoms with Crippen LogP contribution in [0.5, 0.6) is 11.5 Å². The molecule has 0 saturated carbocycles. The number of aromatic nitrogens is 2. The highest BCUT2D eigenvalue weighted by molar-refractivity contribution is 9.10. The van der Waals surface area contributed by atoms with E-state index < -0.39 is 11.8 Å². The maximum Gasteiger partial charge on any atom is 0.356 e. The standard InChI is InChI=1S/C13H12BrFN2O4/c1-17-9(5-8(16-17)13(18)19)6-4-7(14)12(21-3)10(15)11(6)20-2/h4-5H,1-3H3,(H,18,19). The summed E-state index contributed by atoms with van der Waals surface area (Å²) in [5, 5.41) is 12.8. The van der Waals surface area contributed by atoms with Crippen LogP contribution in [-0.4, -0.2) is 35.1 Å². The van der Waals surface area contributed by atoms with Gasteiger partial charge in [0.2, 0.25) is 5.82 Å². The van der Waals surface area contributed by atoms with E-state index in [4.69, 9.17) is 14.6 Å². The van der Waals surface area contributed by atoms with E-state index in [1.165, 1.54) is 25.0 Å². The van der Waals surface area contributed by atoms with Crippen molar-refractivity contribution in [3.63, 3.8) is 0 Å². The molecule has 0 spiro atoms. The molecule has 0 atom stereocenters. The van der Waals surface area contributed by atoms with E-state index in [0.717, 1.165) is 0 Å². The van der Waals surface area contributed by atoms with Gasteiger partial charge in [0.1, 0.15) is 0 Å². The fourth-order valence-corrected chi connectivity index (χ4v) is 2.55. The molecule has 2 rings (SSSR count). The number of rotatable bonds is 4. The van der Waals surface area contributed by atoms with Gasteiger partial charge in [0, 0.05) is 12.6 Å². The Hall–Kier alpha value is -2.09. The highest BCUT2D eigenvalue weighted by Crippen LogP contribution is 2.41. The molecule has 6 nitrogen and oxygen atoms in total. The fourth-order valence-electron chi connectivity index (χ4n) is 1.98. The van der Waals surface area contributed by atoms with Gasteiger partial charge in [-0.3, -0.25) is 4.68 Å². The van der Waals surface area contributed by atoms with E-state index in [0.29, 0.717) is 15.7 Å². The summed E-state index contributed by atoms with van der Waals surface area (Å²) in [5.41, 5.74) is 0.638. The summed E-state index contributed by atoms with van der Waals surface area (Å²) in [6.45, 7) is 0. The number of hydrogen-bond donors (Lipinski definition) is 1. The van der Waals surface area contributed by atoms with Crippen LogP contribution in [0.4, 0.5) is 4.39 Å². The highest BCUT2D eigenvalue weighted by Gasteiger charge is 2.23. The van der Waals surface area contributed by atoms with Crippen molar-refractivity contribution in [2.75, 3.05) is 14.2 Å². The molecule has 0 fully saturated rings. The molecule has 21 heavy (non-hydrogen) atoms. The molecule has 1 aromatic heterocycles. The van der Waals surface area contributed by atoms with Crippen LogP contribution in [-0.2, 0) is 7.05 Å². The predicted molar refractivity (Wildman–Crippen MR) is 76.4 cm³/mol. The number of carbonyl (C=O) groups is 1. The normalized spacial score (nSPS) is 10.5. The minimum absolute atomic E-state index is 0.0104. The lowest BCUT2D eigenvalue weighted by molar-refractivity contribution is 0.0689. The van der Waals surface area contributed by atoms with Crippen molar-refractivity contribution >= 4 is 21.9 Å². The third-order valence-corrected chi connectivity index (χ3v) is 3.50. The first-order valence-corrected chi connectivity index (χ1v) is 6.57. The monoisotopic (exact) mass is 358 g/mol. The van der Waals surface area contributed by atoms with Gasteiger partial charge in [-0.2, -0.15) is 9.49 Å². The molecule has 0 aliphatic carbocycles. The maximum absolute atomic E-state index is 14.4. The van der Waals surface area contributed by atoms with Gasteiger partial charge in [-0.25, -0.2) is 4.79 Å². The number of methoxy groups -OCH3 is 2. The van der Waals surface area contributed by atoms with E-state index in [2.05, 4.69) is 21.0 Å². The second-order valence-electron chi connectivity index (χ2n) is 4.13. The molecule has 0 aliphatic rings. The maximum atomic E-state index is 14.4. The van der Waals surface area contributed by atoms with Crippen molar-refractivity contribution in [3.8, 4) is 22.8 Å². The third kappa shape index (κ3) is 2.58. The first-order valence-electron chi connectivity index (χ1n) is 5.78. The van der Waals surface area contributed by atoms with Crippen LogP contribution in [0, 0.1) is 5.82 Å². The Bertz CT molecular complexity index is 715. The van der Waals surface area contributed by atoms with Crippen molar-refractivity contribution < 1.29 is 23.8 Å². The zero-order valence-corrected chi connectivity index (χ0v) is 13.1. The summed E-state index contributed by atoms with van der Waals surface area (Å²) in [4.78, 5) is 11.0. The topological polar surface area (TPSA) is 73.6 Å². The minimum atomic E-state index is -1.16. The molecule has 1 heterocycles. The fraction of sp³-hybridized carbons (Fsp3) is 0.231. The van der Waals surface area contributed by atoms with Gasteiger partial charge in [0.25, 0.3) is 0 Å². The summed E-state index contributed by atoms with van der Waals surface area (Å²) in [7, 11) is 4.23. The van der Waals surface area contributed by atoms with Crippen molar-refractivity contribution in [1.29, 1.82) is 0 Å². The van der Waals surface area contributed by atoms with Gasteiger partial charge in [-0.05, 0) is 28.1 Å². The second-order valence-corrected chi connectivity index (χ2v) is 4.98. The number of benzene rings is 1. The Morgan fingerprint density at radius 2 is 1.95 bits per heavy atom. The van der Waals surface area contributed by atoms with Gasteiger partial charge in [0.05, 0.1) is 24.4 Å². The van der Waals surface area contributed by atoms with Gasteiger partial charge < -0.3 is 14.6 Å². The number of aromatic carboxylic acids is 1. The van der Waals surface area contributed by atoms with E-state index in [1.54, 1.807) is 13.1 Å². The minimum Gasteiger partial charge on any atom is -0.493 e. The zero-order chi connectivity index (χ0) is 15.7. The number of ether oxygens (including phenoxy) is 2. The van der Waals surface area contributed by atoms with Crippen molar-refractivity contribution in [1.82, 2.24) is 9.78 Å². The van der Waals surface area contributed by atoms with E-state index in [1.807, 2.05) is 0 Å². The number of nitrogens with zero attached hydrogens (tertiary/aromatic N) is 2. The Morgan fingerprint density at radius 3 is 2.43 bits per heavy atom. The van der Waals surface area contributed by atoms with Crippen LogP contribution >= 0.6 is 15.9 Å². The molecule has 0 amide bonds. The molecule has 1 N–H and O–H groups in total. The van der Waals surface area contributed by atoms with Crippen molar-refractivity contribution in [2.24, 2.45) is 7.05 Å². The second kappa shape index (κ2) is 5.72. The number of carboxylic acids is 1. The number of carboxylic acid groups (broad SMARTS) is 1. The lowest BCUT2D eigenvalue weighted by Crippen LogP contribution is -2.01. The first-order chi connectivity index (χ1) is 9.90. The summed E-state index contributed by atoms with van der Waals surface area (Å²) < 4.78 is 26.1. The molecule has 0 unspecified atom stereocenters. The van der Waals surface area contributed by atoms with Crippen molar-refractivity contribution in [3.05, 3.63) is 28.1 Å². The van der Waals surface area contributed by atoms with Crippen LogP contribution in [0.2, 0.25) is 0 Å². The van der Waals surface area contributed by atoms with Crippen LogP contribution < -0.4 is 9.47 Å². The summed E-state index contributed by atoms with van der Waals surface area (Å²) in [6, 6.07) is 2.93. The number of hydrogen-bond acceptors (Lipinski definition) is 4. The summed E-state index contributed by atoms with van der Waals surface area (Å²) >= 11 is 3.21. The van der Waals surface area contributed by atoms with Gasteiger partial charge in [-0.1, -0.05) is 0 Å². The molecular formula is C13H12BrFN2O4. The molecular weight excluding hydrogens is 347 g/mol. The molecule has 2 aromatic rings. The quantitative estimate of drug-likeness (QED) is 0.909. The molecule has 0 aliphatic heterocycles. The smallest absolute Gasteiger partial charge is 0.356 e. The Balaban J connectivity index is 2.72. The Morgan fingerprint density at radius 1 is 1.33 bits per heavy atom. The van der Waals surface area contributed by atoms with Crippen LogP contribution in [0.1, 0.15) is 10.5 Å². The lowest BCUT2D eigenvalue weighted by Gasteiger charge is -2.14. The number of halogens is 2. The molecule has 0 saturated heterocycles. The zero-order valence-electron chi connectivity index (χ0n) is 11.5. The largest absolute Gasteiger partial charge is 0.493 e. The molecule has 1 aromatic carbocycles. The van der Waals surface area contributed by atoms with E-state index in [9.17, 15) is 9.18 Å². The lowest BCUT2D eigenvalue weighted by atomic mass is 10.1. The van der Waals surface area contributed by atoms with Gasteiger partial charge >= 0.3 is 5.97 Å². The average molecular weight is 359 g/mol.